The van der Waals surface area contributed by atoms with Crippen LogP contribution in [0.1, 0.15) is 10.4 Å². The van der Waals surface area contributed by atoms with Gasteiger partial charge in [-0.15, -0.1) is 11.3 Å². The van der Waals surface area contributed by atoms with E-state index in [2.05, 4.69) is 25.6 Å². The third-order valence-corrected chi connectivity index (χ3v) is 5.98. The van der Waals surface area contributed by atoms with Crippen LogP contribution >= 0.6 is 27.3 Å². The lowest BCUT2D eigenvalue weighted by molar-refractivity contribution is 0.603. The lowest BCUT2D eigenvalue weighted by Crippen LogP contribution is -2.13. The van der Waals surface area contributed by atoms with Crippen LogP contribution in [0.3, 0.4) is 0 Å². The van der Waals surface area contributed by atoms with Gasteiger partial charge in [-0.2, -0.15) is 0 Å². The van der Waals surface area contributed by atoms with E-state index in [9.17, 15) is 8.42 Å². The minimum atomic E-state index is -3.60. The Morgan fingerprint density at radius 3 is 2.85 bits per heavy atom. The summed E-state index contributed by atoms with van der Waals surface area (Å²) in [6, 6.07) is 5.18. The van der Waals surface area contributed by atoms with Gasteiger partial charge in [0.05, 0.1) is 0 Å². The number of halogens is 1. The lowest BCUT2D eigenvalue weighted by atomic mass is 10.3. The van der Waals surface area contributed by atoms with Gasteiger partial charge in [0.25, 0.3) is 10.0 Å². The fourth-order valence-electron chi connectivity index (χ4n) is 1.60. The van der Waals surface area contributed by atoms with Crippen LogP contribution in [0.2, 0.25) is 0 Å². The summed E-state index contributed by atoms with van der Waals surface area (Å²) in [5.41, 5.74) is 6.22. The van der Waals surface area contributed by atoms with Gasteiger partial charge < -0.3 is 5.73 Å². The summed E-state index contributed by atoms with van der Waals surface area (Å²) in [5.74, 6) is 0.335. The molecule has 0 fully saturated rings. The number of nitrogens with one attached hydrogen (secondary N) is 1. The fraction of sp³-hybridized carbons (Fsp3) is 0.250. The van der Waals surface area contributed by atoms with Crippen LogP contribution in [0.5, 0.6) is 0 Å². The second kappa shape index (κ2) is 6.21. The average molecular weight is 376 g/mol. The van der Waals surface area contributed by atoms with E-state index in [1.54, 1.807) is 31.3 Å². The first-order valence-corrected chi connectivity index (χ1v) is 8.95. The molecule has 0 aliphatic rings. The monoisotopic (exact) mass is 375 g/mol. The third-order valence-electron chi connectivity index (χ3n) is 2.57. The average Bonchev–Trinajstić information content (AvgIpc) is 2.83. The van der Waals surface area contributed by atoms with Crippen molar-refractivity contribution in [3.05, 3.63) is 39.3 Å². The summed E-state index contributed by atoms with van der Waals surface area (Å²) < 4.78 is 28.1. The topological polar surface area (TPSA) is 85.1 Å². The summed E-state index contributed by atoms with van der Waals surface area (Å²) in [7, 11) is -3.60. The van der Waals surface area contributed by atoms with Crippen LogP contribution in [-0.2, 0) is 16.4 Å². The first-order chi connectivity index (χ1) is 9.42. The van der Waals surface area contributed by atoms with E-state index >= 15 is 0 Å². The van der Waals surface area contributed by atoms with Crippen molar-refractivity contribution >= 4 is 43.1 Å². The molecular formula is C12H14BrN3O2S2. The van der Waals surface area contributed by atoms with E-state index < -0.39 is 10.0 Å². The predicted octanol–water partition coefficient (Wildman–Crippen LogP) is 2.52. The quantitative estimate of drug-likeness (QED) is 0.840. The van der Waals surface area contributed by atoms with Crippen molar-refractivity contribution in [2.75, 3.05) is 11.3 Å². The van der Waals surface area contributed by atoms with E-state index in [1.165, 1.54) is 11.3 Å². The van der Waals surface area contributed by atoms with Gasteiger partial charge in [-0.1, -0.05) is 0 Å². The molecule has 3 N–H and O–H groups in total. The van der Waals surface area contributed by atoms with Crippen LogP contribution in [0.25, 0.3) is 0 Å². The van der Waals surface area contributed by atoms with Crippen LogP contribution in [-0.4, -0.2) is 19.9 Å². The van der Waals surface area contributed by atoms with Crippen molar-refractivity contribution in [2.45, 2.75) is 17.6 Å². The smallest absolute Gasteiger partial charge is 0.272 e. The number of aromatic nitrogens is 1. The molecule has 0 aromatic carbocycles. The van der Waals surface area contributed by atoms with Crippen LogP contribution in [0.4, 0.5) is 5.82 Å². The molecule has 0 atom stereocenters. The predicted molar refractivity (Wildman–Crippen MR) is 84.6 cm³/mol. The summed E-state index contributed by atoms with van der Waals surface area (Å²) in [6.45, 7) is 2.30. The Kier molecular flexibility index (Phi) is 4.79. The highest BCUT2D eigenvalue weighted by Gasteiger charge is 2.18. The van der Waals surface area contributed by atoms with Crippen molar-refractivity contribution in [3.63, 3.8) is 0 Å². The number of anilines is 1. The molecule has 0 bridgehead atoms. The van der Waals surface area contributed by atoms with Crippen molar-refractivity contribution in [3.8, 4) is 0 Å². The molecule has 0 aliphatic heterocycles. The summed E-state index contributed by atoms with van der Waals surface area (Å²) in [6.07, 6.45) is 2.23. The largest absolute Gasteiger partial charge is 0.330 e. The Morgan fingerprint density at radius 1 is 1.45 bits per heavy atom. The zero-order valence-electron chi connectivity index (χ0n) is 10.8. The second-order valence-electron chi connectivity index (χ2n) is 4.18. The maximum Gasteiger partial charge on any atom is 0.272 e. The molecule has 2 rings (SSSR count). The molecule has 8 heteroatoms. The maximum atomic E-state index is 12.3. The number of rotatable bonds is 5. The SMILES string of the molecule is Cc1cc(Br)cnc1NS(=O)(=O)c1ccc(CCN)s1. The Labute approximate surface area is 130 Å². The number of thiophene rings is 1. The standard InChI is InChI=1S/C12H14BrN3O2S2/c1-8-6-9(13)7-15-12(8)16-20(17,18)11-3-2-10(19-11)4-5-14/h2-3,6-7H,4-5,14H2,1H3,(H,15,16). The number of nitrogens with two attached hydrogens (primary N) is 1. The molecule has 0 saturated heterocycles. The zero-order chi connectivity index (χ0) is 14.8. The van der Waals surface area contributed by atoms with Gasteiger partial charge >= 0.3 is 0 Å². The minimum absolute atomic E-state index is 0.269. The Morgan fingerprint density at radius 2 is 2.20 bits per heavy atom. The number of aryl methyl sites for hydroxylation is 1. The van der Waals surface area contributed by atoms with Gasteiger partial charge in [0.15, 0.2) is 0 Å². The highest BCUT2D eigenvalue weighted by molar-refractivity contribution is 9.10. The van der Waals surface area contributed by atoms with E-state index in [-0.39, 0.29) is 4.21 Å². The van der Waals surface area contributed by atoms with Gasteiger partial charge in [0.2, 0.25) is 0 Å². The number of hydrogen-bond donors (Lipinski definition) is 2. The Balaban J connectivity index is 2.26. The zero-order valence-corrected chi connectivity index (χ0v) is 14.0. The normalized spacial score (nSPS) is 11.6. The van der Waals surface area contributed by atoms with Crippen LogP contribution < -0.4 is 10.5 Å². The third kappa shape index (κ3) is 3.57. The van der Waals surface area contributed by atoms with Crippen molar-refractivity contribution < 1.29 is 8.42 Å². The van der Waals surface area contributed by atoms with Crippen LogP contribution in [0, 0.1) is 6.92 Å². The van der Waals surface area contributed by atoms with Gasteiger partial charge in [0, 0.05) is 15.5 Å². The van der Waals surface area contributed by atoms with Crippen molar-refractivity contribution in [1.29, 1.82) is 0 Å². The number of pyridine rings is 1. The Bertz CT molecular complexity index is 713. The van der Waals surface area contributed by atoms with Gasteiger partial charge in [-0.3, -0.25) is 4.72 Å². The fourth-order valence-corrected chi connectivity index (χ4v) is 4.50. The minimum Gasteiger partial charge on any atom is -0.330 e. The van der Waals surface area contributed by atoms with Crippen molar-refractivity contribution in [2.24, 2.45) is 5.73 Å². The van der Waals surface area contributed by atoms with Gasteiger partial charge in [-0.25, -0.2) is 13.4 Å². The van der Waals surface area contributed by atoms with E-state index in [0.717, 1.165) is 14.9 Å². The summed E-state index contributed by atoms with van der Waals surface area (Å²) in [4.78, 5) is 5.03. The molecule has 0 amide bonds. The molecule has 0 saturated carbocycles. The molecule has 0 spiro atoms. The highest BCUT2D eigenvalue weighted by Crippen LogP contribution is 2.25. The second-order valence-corrected chi connectivity index (χ2v) is 8.18. The molecule has 20 heavy (non-hydrogen) atoms. The lowest BCUT2D eigenvalue weighted by Gasteiger charge is -2.08. The molecule has 2 aromatic heterocycles. The Hall–Kier alpha value is -0.960. The first kappa shape index (κ1) is 15.4. The van der Waals surface area contributed by atoms with Gasteiger partial charge in [0.1, 0.15) is 10.0 Å². The van der Waals surface area contributed by atoms with Crippen molar-refractivity contribution in [1.82, 2.24) is 4.98 Å². The van der Waals surface area contributed by atoms with E-state index in [4.69, 9.17) is 5.73 Å². The highest BCUT2D eigenvalue weighted by atomic mass is 79.9. The maximum absolute atomic E-state index is 12.3. The molecule has 5 nitrogen and oxygen atoms in total. The van der Waals surface area contributed by atoms with Gasteiger partial charge in [-0.05, 0) is 59.6 Å². The molecule has 0 aliphatic carbocycles. The summed E-state index contributed by atoms with van der Waals surface area (Å²) >= 11 is 4.52. The van der Waals surface area contributed by atoms with Crippen LogP contribution in [0.15, 0.2) is 33.1 Å². The summed E-state index contributed by atoms with van der Waals surface area (Å²) in [5, 5.41) is 0. The number of nitrogens with zero attached hydrogens (tertiary/aromatic N) is 1. The van der Waals surface area contributed by atoms with E-state index in [1.807, 2.05) is 0 Å². The first-order valence-electron chi connectivity index (χ1n) is 5.86. The molecule has 0 unspecified atom stereocenters. The van der Waals surface area contributed by atoms with E-state index in [0.29, 0.717) is 18.8 Å². The molecule has 108 valence electrons. The molecule has 0 radical (unpaired) electrons. The molecule has 2 heterocycles. The molecular weight excluding hydrogens is 362 g/mol. The number of hydrogen-bond acceptors (Lipinski definition) is 5. The number of sulfonamides is 1. The molecule has 2 aromatic rings.